The lowest BCUT2D eigenvalue weighted by molar-refractivity contribution is -0.155. The Labute approximate surface area is 99.6 Å². The van der Waals surface area contributed by atoms with Crippen LogP contribution in [0.2, 0.25) is 0 Å². The quantitative estimate of drug-likeness (QED) is 0.756. The minimum atomic E-state index is -0.937. The summed E-state index contributed by atoms with van der Waals surface area (Å²) in [4.78, 5) is 11.6. The Bertz CT molecular complexity index is 414. The van der Waals surface area contributed by atoms with Crippen LogP contribution in [0.5, 0.6) is 0 Å². The third kappa shape index (κ3) is 3.51. The van der Waals surface area contributed by atoms with E-state index >= 15 is 0 Å². The zero-order valence-electron chi connectivity index (χ0n) is 10.2. The molecule has 0 bridgehead atoms. The van der Waals surface area contributed by atoms with Crippen LogP contribution < -0.4 is 0 Å². The van der Waals surface area contributed by atoms with E-state index in [2.05, 4.69) is 0 Å². The summed E-state index contributed by atoms with van der Waals surface area (Å²) in [5, 5.41) is 0. The topological polar surface area (TPSA) is 26.3 Å². The number of halogens is 2. The van der Waals surface area contributed by atoms with E-state index in [0.717, 1.165) is 12.1 Å². The van der Waals surface area contributed by atoms with E-state index in [1.807, 2.05) is 6.92 Å². The van der Waals surface area contributed by atoms with Gasteiger partial charge < -0.3 is 4.74 Å². The molecule has 0 saturated carbocycles. The fraction of sp³-hybridized carbons (Fsp3) is 0.462. The molecule has 0 unspecified atom stereocenters. The summed E-state index contributed by atoms with van der Waals surface area (Å²) >= 11 is 0. The fourth-order valence-corrected chi connectivity index (χ4v) is 1.12. The number of hydrogen-bond donors (Lipinski definition) is 0. The molecule has 0 spiro atoms. The van der Waals surface area contributed by atoms with E-state index in [9.17, 15) is 13.6 Å². The summed E-state index contributed by atoms with van der Waals surface area (Å²) in [6.07, 6.45) is 0.656. The Hall–Kier alpha value is -1.45. The minimum Gasteiger partial charge on any atom is -0.460 e. The van der Waals surface area contributed by atoms with Gasteiger partial charge in [-0.05, 0) is 38.0 Å². The van der Waals surface area contributed by atoms with Crippen LogP contribution in [0.4, 0.5) is 8.78 Å². The van der Waals surface area contributed by atoms with Crippen LogP contribution in [0, 0.1) is 17.0 Å². The number of carbonyl (C=O) groups excluding carboxylic acids is 1. The Morgan fingerprint density at radius 2 is 1.94 bits per heavy atom. The third-order valence-corrected chi connectivity index (χ3v) is 2.79. The molecule has 1 rings (SSSR count). The Kier molecular flexibility index (Phi) is 4.21. The molecule has 0 radical (unpaired) electrons. The molecule has 0 atom stereocenters. The second-order valence-electron chi connectivity index (χ2n) is 4.56. The Balaban J connectivity index is 2.62. The second-order valence-corrected chi connectivity index (χ2v) is 4.56. The first-order valence-corrected chi connectivity index (χ1v) is 5.48. The van der Waals surface area contributed by atoms with Gasteiger partial charge in [0, 0.05) is 0 Å². The van der Waals surface area contributed by atoms with Gasteiger partial charge >= 0.3 is 5.97 Å². The SMILES string of the molecule is CCC(C)(C)C(=O)OCc1ccc(F)c(F)c1. The smallest absolute Gasteiger partial charge is 0.311 e. The predicted octanol–water partition coefficient (Wildman–Crippen LogP) is 3.44. The van der Waals surface area contributed by atoms with Gasteiger partial charge in [0.05, 0.1) is 5.41 Å². The van der Waals surface area contributed by atoms with Gasteiger partial charge in [-0.2, -0.15) is 0 Å². The van der Waals surface area contributed by atoms with Crippen molar-refractivity contribution in [1.29, 1.82) is 0 Å². The second kappa shape index (κ2) is 5.25. The molecule has 1 aromatic rings. The molecule has 0 heterocycles. The van der Waals surface area contributed by atoms with Crippen LogP contribution in [0.15, 0.2) is 18.2 Å². The van der Waals surface area contributed by atoms with Crippen molar-refractivity contribution in [2.45, 2.75) is 33.8 Å². The predicted molar refractivity (Wildman–Crippen MR) is 60.2 cm³/mol. The Morgan fingerprint density at radius 1 is 1.29 bits per heavy atom. The van der Waals surface area contributed by atoms with Crippen LogP contribution in [0.1, 0.15) is 32.8 Å². The van der Waals surface area contributed by atoms with Crippen molar-refractivity contribution in [2.24, 2.45) is 5.41 Å². The molecule has 17 heavy (non-hydrogen) atoms. The lowest BCUT2D eigenvalue weighted by Gasteiger charge is -2.20. The molecular formula is C13H16F2O2. The van der Waals surface area contributed by atoms with E-state index in [1.54, 1.807) is 13.8 Å². The molecule has 0 N–H and O–H groups in total. The van der Waals surface area contributed by atoms with E-state index < -0.39 is 17.0 Å². The lowest BCUT2D eigenvalue weighted by atomic mass is 9.91. The molecule has 1 aromatic carbocycles. The summed E-state index contributed by atoms with van der Waals surface area (Å²) in [5.74, 6) is -2.19. The number of hydrogen-bond acceptors (Lipinski definition) is 2. The first kappa shape index (κ1) is 13.6. The summed E-state index contributed by atoms with van der Waals surface area (Å²) in [6.45, 7) is 5.40. The number of benzene rings is 1. The first-order chi connectivity index (χ1) is 7.86. The zero-order valence-corrected chi connectivity index (χ0v) is 10.2. The minimum absolute atomic E-state index is 0.0422. The molecule has 4 heteroatoms. The highest BCUT2D eigenvalue weighted by Crippen LogP contribution is 2.22. The summed E-state index contributed by atoms with van der Waals surface area (Å²) in [5.41, 5.74) is -0.123. The van der Waals surface area contributed by atoms with Crippen molar-refractivity contribution in [1.82, 2.24) is 0 Å². The van der Waals surface area contributed by atoms with Crippen molar-refractivity contribution < 1.29 is 18.3 Å². The van der Waals surface area contributed by atoms with Gasteiger partial charge in [0.25, 0.3) is 0 Å². The van der Waals surface area contributed by atoms with Gasteiger partial charge in [-0.1, -0.05) is 13.0 Å². The normalized spacial score (nSPS) is 11.4. The molecule has 2 nitrogen and oxygen atoms in total. The maximum absolute atomic E-state index is 12.9. The van der Waals surface area contributed by atoms with Crippen LogP contribution in [0.25, 0.3) is 0 Å². The van der Waals surface area contributed by atoms with Gasteiger partial charge in [-0.25, -0.2) is 8.78 Å². The highest BCUT2D eigenvalue weighted by Gasteiger charge is 2.26. The third-order valence-electron chi connectivity index (χ3n) is 2.79. The zero-order chi connectivity index (χ0) is 13.1. The highest BCUT2D eigenvalue weighted by molar-refractivity contribution is 5.75. The Morgan fingerprint density at radius 3 is 2.47 bits per heavy atom. The molecule has 0 aliphatic heterocycles. The van der Waals surface area contributed by atoms with Crippen molar-refractivity contribution in [3.05, 3.63) is 35.4 Å². The maximum atomic E-state index is 12.9. The molecule has 0 amide bonds. The summed E-state index contributed by atoms with van der Waals surface area (Å²) in [6, 6.07) is 3.44. The molecule has 0 aliphatic rings. The lowest BCUT2D eigenvalue weighted by Crippen LogP contribution is -2.25. The van der Waals surface area contributed by atoms with Crippen LogP contribution in [0.3, 0.4) is 0 Å². The van der Waals surface area contributed by atoms with E-state index in [0.29, 0.717) is 12.0 Å². The summed E-state index contributed by atoms with van der Waals surface area (Å²) < 4.78 is 30.6. The maximum Gasteiger partial charge on any atom is 0.311 e. The van der Waals surface area contributed by atoms with E-state index in [-0.39, 0.29) is 12.6 Å². The number of rotatable bonds is 4. The van der Waals surface area contributed by atoms with E-state index in [4.69, 9.17) is 4.74 Å². The molecule has 94 valence electrons. The van der Waals surface area contributed by atoms with Crippen molar-refractivity contribution in [3.63, 3.8) is 0 Å². The van der Waals surface area contributed by atoms with Crippen molar-refractivity contribution in [3.8, 4) is 0 Å². The monoisotopic (exact) mass is 242 g/mol. The molecule has 0 saturated heterocycles. The highest BCUT2D eigenvalue weighted by atomic mass is 19.2. The molecular weight excluding hydrogens is 226 g/mol. The summed E-state index contributed by atoms with van der Waals surface area (Å²) in [7, 11) is 0. The number of ether oxygens (including phenoxy) is 1. The molecule has 0 fully saturated rings. The van der Waals surface area contributed by atoms with E-state index in [1.165, 1.54) is 6.07 Å². The molecule has 0 aromatic heterocycles. The van der Waals surface area contributed by atoms with Crippen molar-refractivity contribution >= 4 is 5.97 Å². The van der Waals surface area contributed by atoms with Gasteiger partial charge in [0.1, 0.15) is 6.61 Å². The van der Waals surface area contributed by atoms with Gasteiger partial charge in [-0.15, -0.1) is 0 Å². The average Bonchev–Trinajstić information content (AvgIpc) is 2.30. The van der Waals surface area contributed by atoms with Crippen molar-refractivity contribution in [2.75, 3.05) is 0 Å². The van der Waals surface area contributed by atoms with Gasteiger partial charge in [-0.3, -0.25) is 4.79 Å². The number of esters is 1. The standard InChI is InChI=1S/C13H16F2O2/c1-4-13(2,3)12(16)17-8-9-5-6-10(14)11(15)7-9/h5-7H,4,8H2,1-3H3. The van der Waals surface area contributed by atoms with Gasteiger partial charge in [0.15, 0.2) is 11.6 Å². The number of carbonyl (C=O) groups is 1. The van der Waals surface area contributed by atoms with Crippen LogP contribution >= 0.6 is 0 Å². The molecule has 0 aliphatic carbocycles. The largest absolute Gasteiger partial charge is 0.460 e. The van der Waals surface area contributed by atoms with Crippen LogP contribution in [-0.4, -0.2) is 5.97 Å². The van der Waals surface area contributed by atoms with Gasteiger partial charge in [0.2, 0.25) is 0 Å². The first-order valence-electron chi connectivity index (χ1n) is 5.48. The van der Waals surface area contributed by atoms with Crippen LogP contribution in [-0.2, 0) is 16.1 Å². The fourth-order valence-electron chi connectivity index (χ4n) is 1.12. The average molecular weight is 242 g/mol.